The molecule has 4 aliphatic rings. The van der Waals surface area contributed by atoms with Gasteiger partial charge >= 0.3 is 5.97 Å². The topological polar surface area (TPSA) is 84.0 Å². The van der Waals surface area contributed by atoms with Crippen molar-refractivity contribution in [2.75, 3.05) is 16.3 Å². The predicted octanol–water partition coefficient (Wildman–Crippen LogP) is 3.61. The minimum Gasteiger partial charge on any atom is -0.426 e. The number of carbonyl (C=O) groups is 4. The molecule has 0 spiro atoms. The second kappa shape index (κ2) is 7.81. The lowest BCUT2D eigenvalue weighted by Crippen LogP contribution is -2.32. The third-order valence-electron chi connectivity index (χ3n) is 7.36. The maximum absolute atomic E-state index is 13.1. The van der Waals surface area contributed by atoms with Gasteiger partial charge in [-0.3, -0.25) is 19.2 Å². The first-order valence-corrected chi connectivity index (χ1v) is 11.7. The Hall–Kier alpha value is -3.45. The van der Waals surface area contributed by atoms with E-state index in [4.69, 9.17) is 16.3 Å². The van der Waals surface area contributed by atoms with Crippen molar-refractivity contribution >= 4 is 46.7 Å². The van der Waals surface area contributed by atoms with E-state index in [2.05, 4.69) is 12.2 Å². The molecule has 172 valence electrons. The standard InChI is InChI=1S/C26H21ClN2O5/c27-17-6-8-18(9-7-17)28-13-16(11-21(28)30)26(33)34-20-3-1-2-19(12-20)29-24(31)22-14-4-5-15(10-14)23(22)25(29)32/h1-9,12,14-16,22-23H,10-11,13H2/t14-,15-,16-,22-,23-/m0/s1. The van der Waals surface area contributed by atoms with Crippen molar-refractivity contribution in [3.8, 4) is 5.75 Å². The number of hydrogen-bond donors (Lipinski definition) is 0. The molecule has 1 saturated carbocycles. The van der Waals surface area contributed by atoms with Crippen LogP contribution in [0.2, 0.25) is 5.02 Å². The summed E-state index contributed by atoms with van der Waals surface area (Å²) in [7, 11) is 0. The van der Waals surface area contributed by atoms with E-state index in [0.29, 0.717) is 16.4 Å². The molecule has 0 unspecified atom stereocenters. The second-order valence-corrected chi connectivity index (χ2v) is 9.75. The number of benzene rings is 2. The first-order valence-electron chi connectivity index (χ1n) is 11.3. The van der Waals surface area contributed by atoms with E-state index in [1.165, 1.54) is 11.0 Å². The molecule has 5 atom stereocenters. The van der Waals surface area contributed by atoms with Gasteiger partial charge in [-0.15, -0.1) is 0 Å². The number of imide groups is 1. The predicted molar refractivity (Wildman–Crippen MR) is 124 cm³/mol. The lowest BCUT2D eigenvalue weighted by atomic mass is 9.85. The minimum atomic E-state index is -0.622. The van der Waals surface area contributed by atoms with Crippen molar-refractivity contribution < 1.29 is 23.9 Å². The largest absolute Gasteiger partial charge is 0.426 e. The summed E-state index contributed by atoms with van der Waals surface area (Å²) in [5, 5.41) is 0.564. The van der Waals surface area contributed by atoms with E-state index < -0.39 is 11.9 Å². The Labute approximate surface area is 200 Å². The van der Waals surface area contributed by atoms with Gasteiger partial charge in [0.2, 0.25) is 17.7 Å². The number of nitrogens with zero attached hydrogens (tertiary/aromatic N) is 2. The van der Waals surface area contributed by atoms with Gasteiger partial charge in [-0.05, 0) is 54.7 Å². The van der Waals surface area contributed by atoms with Crippen molar-refractivity contribution in [3.05, 3.63) is 65.7 Å². The number of amides is 3. The van der Waals surface area contributed by atoms with Gasteiger partial charge in [-0.2, -0.15) is 0 Å². The molecule has 2 saturated heterocycles. The van der Waals surface area contributed by atoms with Gasteiger partial charge in [-0.25, -0.2) is 4.90 Å². The Morgan fingerprint density at radius 1 is 0.912 bits per heavy atom. The molecule has 8 heteroatoms. The van der Waals surface area contributed by atoms with Crippen LogP contribution in [0.15, 0.2) is 60.7 Å². The van der Waals surface area contributed by atoms with Gasteiger partial charge in [0.1, 0.15) is 5.75 Å². The van der Waals surface area contributed by atoms with Crippen molar-refractivity contribution in [1.29, 1.82) is 0 Å². The first-order chi connectivity index (χ1) is 16.4. The maximum atomic E-state index is 13.1. The van der Waals surface area contributed by atoms with Crippen LogP contribution in [-0.2, 0) is 19.2 Å². The molecule has 2 aromatic rings. The summed E-state index contributed by atoms with van der Waals surface area (Å²) in [6.07, 6.45) is 5.01. The number of fused-ring (bicyclic) bond motifs is 5. The SMILES string of the molecule is O=C(Oc1cccc(N2C(=O)[C@@H]3[C@@H](C2=O)[C@H]2C=C[C@H]3C2)c1)[C@H]1CC(=O)N(c2ccc(Cl)cc2)C1. The van der Waals surface area contributed by atoms with Gasteiger partial charge in [0.25, 0.3) is 0 Å². The number of esters is 1. The zero-order valence-corrected chi connectivity index (χ0v) is 18.9. The molecule has 2 aliphatic heterocycles. The summed E-state index contributed by atoms with van der Waals surface area (Å²) in [6.45, 7) is 0.210. The van der Waals surface area contributed by atoms with Crippen molar-refractivity contribution in [3.63, 3.8) is 0 Å². The Morgan fingerprint density at radius 3 is 2.26 bits per heavy atom. The number of carbonyl (C=O) groups excluding carboxylic acids is 4. The van der Waals surface area contributed by atoms with Crippen molar-refractivity contribution in [1.82, 2.24) is 0 Å². The molecule has 2 aliphatic carbocycles. The van der Waals surface area contributed by atoms with Crippen LogP contribution in [0.3, 0.4) is 0 Å². The third kappa shape index (κ3) is 3.26. The molecule has 0 aromatic heterocycles. The molecular weight excluding hydrogens is 456 g/mol. The van der Waals surface area contributed by atoms with E-state index >= 15 is 0 Å². The molecule has 2 heterocycles. The number of hydrogen-bond acceptors (Lipinski definition) is 5. The molecule has 34 heavy (non-hydrogen) atoms. The highest BCUT2D eigenvalue weighted by molar-refractivity contribution is 6.30. The molecule has 0 N–H and O–H groups in total. The van der Waals surface area contributed by atoms with Crippen LogP contribution in [-0.4, -0.2) is 30.2 Å². The molecule has 7 nitrogen and oxygen atoms in total. The summed E-state index contributed by atoms with van der Waals surface area (Å²) in [5.41, 5.74) is 1.08. The summed E-state index contributed by atoms with van der Waals surface area (Å²) < 4.78 is 5.57. The number of halogens is 1. The normalized spacial score (nSPS) is 29.3. The van der Waals surface area contributed by atoms with Gasteiger partial charge in [0.15, 0.2) is 0 Å². The van der Waals surface area contributed by atoms with E-state index in [9.17, 15) is 19.2 Å². The zero-order valence-electron chi connectivity index (χ0n) is 18.1. The van der Waals surface area contributed by atoms with Crippen LogP contribution in [0.5, 0.6) is 5.75 Å². The van der Waals surface area contributed by atoms with Gasteiger partial charge in [0.05, 0.1) is 23.4 Å². The fourth-order valence-electron chi connectivity index (χ4n) is 5.78. The highest BCUT2D eigenvalue weighted by Crippen LogP contribution is 2.53. The molecule has 2 bridgehead atoms. The van der Waals surface area contributed by atoms with Crippen LogP contribution >= 0.6 is 11.6 Å². The Balaban J connectivity index is 1.16. The lowest BCUT2D eigenvalue weighted by Gasteiger charge is -2.18. The highest BCUT2D eigenvalue weighted by Gasteiger charge is 2.59. The number of anilines is 2. The Bertz CT molecular complexity index is 1230. The Morgan fingerprint density at radius 2 is 1.59 bits per heavy atom. The number of ether oxygens (including phenoxy) is 1. The van der Waals surface area contributed by atoms with E-state index in [0.717, 1.165) is 6.42 Å². The average molecular weight is 477 g/mol. The van der Waals surface area contributed by atoms with Gasteiger partial charge < -0.3 is 9.64 Å². The van der Waals surface area contributed by atoms with Crippen LogP contribution in [0, 0.1) is 29.6 Å². The molecule has 3 fully saturated rings. The third-order valence-corrected chi connectivity index (χ3v) is 7.61. The summed E-state index contributed by atoms with van der Waals surface area (Å²) in [4.78, 5) is 54.2. The number of rotatable bonds is 4. The molecular formula is C26H21ClN2O5. The second-order valence-electron chi connectivity index (χ2n) is 9.31. The molecule has 3 amide bonds. The van der Waals surface area contributed by atoms with Crippen LogP contribution in [0.1, 0.15) is 12.8 Å². The van der Waals surface area contributed by atoms with E-state index in [1.807, 2.05) is 0 Å². The highest BCUT2D eigenvalue weighted by atomic mass is 35.5. The molecule has 0 radical (unpaired) electrons. The first kappa shape index (κ1) is 21.1. The van der Waals surface area contributed by atoms with Crippen molar-refractivity contribution in [2.24, 2.45) is 29.6 Å². The number of allylic oxidation sites excluding steroid dienone is 2. The van der Waals surface area contributed by atoms with Crippen LogP contribution in [0.4, 0.5) is 11.4 Å². The molecule has 2 aromatic carbocycles. The Kier molecular flexibility index (Phi) is 4.85. The van der Waals surface area contributed by atoms with Crippen molar-refractivity contribution in [2.45, 2.75) is 12.8 Å². The fourth-order valence-corrected chi connectivity index (χ4v) is 5.90. The minimum absolute atomic E-state index is 0.0450. The molecule has 6 rings (SSSR count). The fraction of sp³-hybridized carbons (Fsp3) is 0.308. The monoisotopic (exact) mass is 476 g/mol. The quantitative estimate of drug-likeness (QED) is 0.291. The van der Waals surface area contributed by atoms with E-state index in [-0.39, 0.29) is 60.1 Å². The smallest absolute Gasteiger partial charge is 0.316 e. The zero-order chi connectivity index (χ0) is 23.6. The maximum Gasteiger partial charge on any atom is 0.316 e. The van der Waals surface area contributed by atoms with E-state index in [1.54, 1.807) is 47.4 Å². The van der Waals surface area contributed by atoms with Gasteiger partial charge in [-0.1, -0.05) is 29.8 Å². The summed E-state index contributed by atoms with van der Waals surface area (Å²) in [6, 6.07) is 13.3. The summed E-state index contributed by atoms with van der Waals surface area (Å²) in [5.74, 6) is -1.79. The van der Waals surface area contributed by atoms with Gasteiger partial charge in [0, 0.05) is 29.7 Å². The van der Waals surface area contributed by atoms with Crippen LogP contribution in [0.25, 0.3) is 0 Å². The average Bonchev–Trinajstić information content (AvgIpc) is 3.58. The van der Waals surface area contributed by atoms with Crippen LogP contribution < -0.4 is 14.5 Å². The summed E-state index contributed by atoms with van der Waals surface area (Å²) >= 11 is 5.92. The lowest BCUT2D eigenvalue weighted by molar-refractivity contribution is -0.139.